The monoisotopic (exact) mass is 266 g/mol. The molecule has 0 aliphatic rings. The Morgan fingerprint density at radius 1 is 1.59 bits per heavy atom. The van der Waals surface area contributed by atoms with Gasteiger partial charge in [-0.25, -0.2) is 4.98 Å². The Hall–Kier alpha value is -1.39. The van der Waals surface area contributed by atoms with Gasteiger partial charge in [-0.05, 0) is 25.6 Å². The van der Waals surface area contributed by atoms with Crippen molar-refractivity contribution < 1.29 is 4.42 Å². The summed E-state index contributed by atoms with van der Waals surface area (Å²) in [5, 5.41) is 19.7. The molecule has 0 saturated heterocycles. The van der Waals surface area contributed by atoms with Crippen LogP contribution in [0.2, 0.25) is 0 Å². The van der Waals surface area contributed by atoms with Crippen molar-refractivity contribution in [1.82, 2.24) is 15.2 Å². The van der Waals surface area contributed by atoms with E-state index in [9.17, 15) is 0 Å². The molecule has 0 bridgehead atoms. The van der Waals surface area contributed by atoms with Crippen LogP contribution in [0, 0.1) is 18.3 Å². The second kappa shape index (κ2) is 5.29. The fourth-order valence-electron chi connectivity index (χ4n) is 1.18. The molecule has 0 aliphatic heterocycles. The standard InChI is InChI=1S/C10H10N4OS2/c1-6(4-11)17-10-14-13-9(15-10)3-8-5-16-7(2)12-8/h5-6H,3H2,1-2H3. The van der Waals surface area contributed by atoms with Crippen molar-refractivity contribution in [3.63, 3.8) is 0 Å². The van der Waals surface area contributed by atoms with E-state index < -0.39 is 0 Å². The Morgan fingerprint density at radius 2 is 2.41 bits per heavy atom. The van der Waals surface area contributed by atoms with Crippen molar-refractivity contribution in [2.45, 2.75) is 30.7 Å². The van der Waals surface area contributed by atoms with Gasteiger partial charge in [-0.15, -0.1) is 21.5 Å². The van der Waals surface area contributed by atoms with Gasteiger partial charge in [-0.3, -0.25) is 0 Å². The summed E-state index contributed by atoms with van der Waals surface area (Å²) < 4.78 is 5.42. The molecule has 2 aromatic rings. The van der Waals surface area contributed by atoms with Crippen LogP contribution in [0.4, 0.5) is 0 Å². The Bertz CT molecular complexity index is 542. The van der Waals surface area contributed by atoms with Crippen molar-refractivity contribution in [1.29, 1.82) is 5.26 Å². The van der Waals surface area contributed by atoms with Crippen LogP contribution in [0.1, 0.15) is 23.5 Å². The van der Waals surface area contributed by atoms with E-state index in [1.165, 1.54) is 11.8 Å². The van der Waals surface area contributed by atoms with Gasteiger partial charge in [0, 0.05) is 5.38 Å². The average molecular weight is 266 g/mol. The number of thioether (sulfide) groups is 1. The first-order valence-electron chi connectivity index (χ1n) is 4.97. The number of rotatable bonds is 4. The average Bonchev–Trinajstić information content (AvgIpc) is 2.89. The van der Waals surface area contributed by atoms with Gasteiger partial charge in [-0.1, -0.05) is 0 Å². The second-order valence-corrected chi connectivity index (χ2v) is 5.74. The molecular formula is C10H10N4OS2. The lowest BCUT2D eigenvalue weighted by Gasteiger charge is -1.94. The molecule has 88 valence electrons. The largest absolute Gasteiger partial charge is 0.415 e. The zero-order valence-electron chi connectivity index (χ0n) is 9.38. The number of hydrogen-bond donors (Lipinski definition) is 0. The van der Waals surface area contributed by atoms with Crippen molar-refractivity contribution in [2.75, 3.05) is 0 Å². The zero-order chi connectivity index (χ0) is 12.3. The predicted octanol–water partition coefficient (Wildman–Crippen LogP) is 2.43. The molecule has 0 amide bonds. The molecule has 0 radical (unpaired) electrons. The number of aryl methyl sites for hydroxylation is 1. The van der Waals surface area contributed by atoms with Crippen LogP contribution in [0.25, 0.3) is 0 Å². The fourth-order valence-corrected chi connectivity index (χ4v) is 2.38. The maximum absolute atomic E-state index is 8.67. The first-order chi connectivity index (χ1) is 8.17. The molecule has 2 aromatic heterocycles. The van der Waals surface area contributed by atoms with Crippen LogP contribution < -0.4 is 0 Å². The highest BCUT2D eigenvalue weighted by atomic mass is 32.2. The van der Waals surface area contributed by atoms with E-state index in [2.05, 4.69) is 21.3 Å². The topological polar surface area (TPSA) is 75.6 Å². The molecule has 2 heterocycles. The van der Waals surface area contributed by atoms with Crippen LogP contribution in [0.3, 0.4) is 0 Å². The van der Waals surface area contributed by atoms with Gasteiger partial charge < -0.3 is 4.42 Å². The summed E-state index contributed by atoms with van der Waals surface area (Å²) in [7, 11) is 0. The number of thiazole rings is 1. The normalized spacial score (nSPS) is 12.3. The molecule has 17 heavy (non-hydrogen) atoms. The van der Waals surface area contributed by atoms with Crippen molar-refractivity contribution in [3.05, 3.63) is 22.0 Å². The third-order valence-electron chi connectivity index (χ3n) is 1.91. The molecular weight excluding hydrogens is 256 g/mol. The lowest BCUT2D eigenvalue weighted by molar-refractivity contribution is 0.419. The third kappa shape index (κ3) is 3.28. The Balaban J connectivity index is 2.01. The van der Waals surface area contributed by atoms with Crippen molar-refractivity contribution in [2.24, 2.45) is 0 Å². The summed E-state index contributed by atoms with van der Waals surface area (Å²) in [6, 6.07) is 2.10. The van der Waals surface area contributed by atoms with Gasteiger partial charge in [0.25, 0.3) is 5.22 Å². The summed E-state index contributed by atoms with van der Waals surface area (Å²) in [6.45, 7) is 3.75. The summed E-state index contributed by atoms with van der Waals surface area (Å²) in [6.07, 6.45) is 0.541. The SMILES string of the molecule is Cc1nc(Cc2nnc(SC(C)C#N)o2)cs1. The van der Waals surface area contributed by atoms with Crippen molar-refractivity contribution in [3.8, 4) is 6.07 Å². The van der Waals surface area contributed by atoms with Gasteiger partial charge >= 0.3 is 0 Å². The molecule has 0 fully saturated rings. The smallest absolute Gasteiger partial charge is 0.277 e. The van der Waals surface area contributed by atoms with E-state index in [-0.39, 0.29) is 5.25 Å². The maximum atomic E-state index is 8.67. The second-order valence-electron chi connectivity index (χ2n) is 3.39. The minimum Gasteiger partial charge on any atom is -0.415 e. The summed E-state index contributed by atoms with van der Waals surface area (Å²) >= 11 is 2.86. The summed E-state index contributed by atoms with van der Waals surface area (Å²) in [5.41, 5.74) is 0.932. The predicted molar refractivity (Wildman–Crippen MR) is 64.9 cm³/mol. The molecule has 5 nitrogen and oxygen atoms in total. The maximum Gasteiger partial charge on any atom is 0.277 e. The van der Waals surface area contributed by atoms with Crippen LogP contribution in [-0.2, 0) is 6.42 Å². The molecule has 0 spiro atoms. The molecule has 0 N–H and O–H groups in total. The highest BCUT2D eigenvalue weighted by Gasteiger charge is 2.12. The van der Waals surface area contributed by atoms with Gasteiger partial charge in [0.2, 0.25) is 5.89 Å². The fraction of sp³-hybridized carbons (Fsp3) is 0.400. The summed E-state index contributed by atoms with van der Waals surface area (Å²) in [4.78, 5) is 4.32. The number of nitriles is 1. The van der Waals surface area contributed by atoms with Gasteiger partial charge in [0.15, 0.2) is 0 Å². The Labute approximate surface area is 107 Å². The van der Waals surface area contributed by atoms with Gasteiger partial charge in [-0.2, -0.15) is 5.26 Å². The van der Waals surface area contributed by atoms with Crippen LogP contribution >= 0.6 is 23.1 Å². The zero-order valence-corrected chi connectivity index (χ0v) is 11.0. The molecule has 1 atom stereocenters. The van der Waals surface area contributed by atoms with E-state index in [4.69, 9.17) is 9.68 Å². The molecule has 2 rings (SSSR count). The highest BCUT2D eigenvalue weighted by Crippen LogP contribution is 2.22. The summed E-state index contributed by atoms with van der Waals surface area (Å²) in [5.74, 6) is 0.530. The first-order valence-corrected chi connectivity index (χ1v) is 6.73. The van der Waals surface area contributed by atoms with E-state index >= 15 is 0 Å². The van der Waals surface area contributed by atoms with Crippen LogP contribution in [-0.4, -0.2) is 20.4 Å². The highest BCUT2D eigenvalue weighted by molar-refractivity contribution is 7.99. The lowest BCUT2D eigenvalue weighted by atomic mass is 10.3. The van der Waals surface area contributed by atoms with Gasteiger partial charge in [0.1, 0.15) is 0 Å². The molecule has 7 heteroatoms. The number of nitrogens with zero attached hydrogens (tertiary/aromatic N) is 4. The van der Waals surface area contributed by atoms with Crippen molar-refractivity contribution >= 4 is 23.1 Å². The molecule has 0 saturated carbocycles. The minimum absolute atomic E-state index is 0.190. The van der Waals surface area contributed by atoms with Crippen LogP contribution in [0.5, 0.6) is 0 Å². The Kier molecular flexibility index (Phi) is 3.76. The lowest BCUT2D eigenvalue weighted by Crippen LogP contribution is -1.88. The Morgan fingerprint density at radius 3 is 3.06 bits per heavy atom. The van der Waals surface area contributed by atoms with E-state index in [0.29, 0.717) is 17.5 Å². The van der Waals surface area contributed by atoms with E-state index in [1.807, 2.05) is 12.3 Å². The van der Waals surface area contributed by atoms with Gasteiger partial charge in [0.05, 0.1) is 28.4 Å². The third-order valence-corrected chi connectivity index (χ3v) is 3.55. The number of aromatic nitrogens is 3. The molecule has 0 aliphatic carbocycles. The number of hydrogen-bond acceptors (Lipinski definition) is 7. The molecule has 0 aromatic carbocycles. The van der Waals surface area contributed by atoms with E-state index in [0.717, 1.165) is 10.7 Å². The molecule has 1 unspecified atom stereocenters. The van der Waals surface area contributed by atoms with Crippen LogP contribution in [0.15, 0.2) is 15.0 Å². The first kappa shape index (κ1) is 12.1. The quantitative estimate of drug-likeness (QED) is 0.791. The minimum atomic E-state index is -0.190. The van der Waals surface area contributed by atoms with E-state index in [1.54, 1.807) is 18.3 Å².